The van der Waals surface area contributed by atoms with Gasteiger partial charge in [0.15, 0.2) is 0 Å². The molecule has 128 valence electrons. The molecule has 0 aliphatic rings. The van der Waals surface area contributed by atoms with Gasteiger partial charge >= 0.3 is 0 Å². The van der Waals surface area contributed by atoms with Crippen molar-refractivity contribution >= 4 is 23.0 Å². The standard InChI is InChI=1S/C22H28ClN/c1-6-18(7-2)12-19-13-20(14-22(23)16(19)4)17(5)24-21-10-8-15(3)9-11-21/h8-11,13-14,18,24H,5-7,12H2,1-4H3. The molecule has 0 spiro atoms. The van der Waals surface area contributed by atoms with Crippen LogP contribution in [-0.2, 0) is 6.42 Å². The van der Waals surface area contributed by atoms with E-state index in [-0.39, 0.29) is 0 Å². The normalized spacial score (nSPS) is 10.9. The van der Waals surface area contributed by atoms with Crippen LogP contribution in [0.15, 0.2) is 43.0 Å². The number of hydrogen-bond acceptors (Lipinski definition) is 1. The second kappa shape index (κ2) is 8.39. The number of hydrogen-bond donors (Lipinski definition) is 1. The van der Waals surface area contributed by atoms with Gasteiger partial charge < -0.3 is 5.32 Å². The average Bonchev–Trinajstić information content (AvgIpc) is 2.58. The lowest BCUT2D eigenvalue weighted by Crippen LogP contribution is -2.05. The summed E-state index contributed by atoms with van der Waals surface area (Å²) >= 11 is 6.49. The molecule has 1 N–H and O–H groups in total. The number of benzene rings is 2. The predicted octanol–water partition coefficient (Wildman–Crippen LogP) is 7.02. The Hall–Kier alpha value is -1.73. The Kier molecular flexibility index (Phi) is 6.51. The maximum atomic E-state index is 6.49. The van der Waals surface area contributed by atoms with Crippen LogP contribution in [0.1, 0.15) is 48.9 Å². The van der Waals surface area contributed by atoms with Crippen LogP contribution < -0.4 is 5.32 Å². The molecule has 0 amide bonds. The van der Waals surface area contributed by atoms with Crippen LogP contribution in [0, 0.1) is 19.8 Å². The van der Waals surface area contributed by atoms with Crippen LogP contribution in [0.3, 0.4) is 0 Å². The van der Waals surface area contributed by atoms with Gasteiger partial charge in [-0.25, -0.2) is 0 Å². The molecule has 0 saturated heterocycles. The number of aryl methyl sites for hydroxylation is 1. The van der Waals surface area contributed by atoms with Gasteiger partial charge in [-0.05, 0) is 67.1 Å². The first-order valence-electron chi connectivity index (χ1n) is 8.76. The van der Waals surface area contributed by atoms with Crippen molar-refractivity contribution in [3.8, 4) is 0 Å². The van der Waals surface area contributed by atoms with E-state index in [4.69, 9.17) is 11.6 Å². The Bertz CT molecular complexity index is 697. The summed E-state index contributed by atoms with van der Waals surface area (Å²) in [5, 5.41) is 4.21. The van der Waals surface area contributed by atoms with Gasteiger partial charge in [-0.2, -0.15) is 0 Å². The summed E-state index contributed by atoms with van der Waals surface area (Å²) in [6.07, 6.45) is 3.46. The van der Waals surface area contributed by atoms with E-state index in [9.17, 15) is 0 Å². The van der Waals surface area contributed by atoms with E-state index in [1.54, 1.807) is 0 Å². The summed E-state index contributed by atoms with van der Waals surface area (Å²) in [5.41, 5.74) is 6.76. The van der Waals surface area contributed by atoms with Gasteiger partial charge in [0.05, 0.1) is 0 Å². The molecule has 0 radical (unpaired) electrons. The van der Waals surface area contributed by atoms with Crippen LogP contribution >= 0.6 is 11.6 Å². The summed E-state index contributed by atoms with van der Waals surface area (Å²) in [4.78, 5) is 0. The summed E-state index contributed by atoms with van der Waals surface area (Å²) in [7, 11) is 0. The monoisotopic (exact) mass is 341 g/mol. The number of rotatable bonds is 7. The van der Waals surface area contributed by atoms with Crippen LogP contribution in [0.2, 0.25) is 5.02 Å². The van der Waals surface area contributed by atoms with E-state index in [2.05, 4.69) is 69.9 Å². The molecule has 0 fully saturated rings. The molecule has 0 unspecified atom stereocenters. The highest BCUT2D eigenvalue weighted by atomic mass is 35.5. The molecule has 2 aromatic carbocycles. The molecule has 0 saturated carbocycles. The van der Waals surface area contributed by atoms with Crippen LogP contribution in [-0.4, -0.2) is 0 Å². The quantitative estimate of drug-likeness (QED) is 0.570. The Labute approximate surface area is 151 Å². The smallest absolute Gasteiger partial charge is 0.0444 e. The maximum Gasteiger partial charge on any atom is 0.0444 e. The first kappa shape index (κ1) is 18.6. The van der Waals surface area contributed by atoms with Crippen LogP contribution in [0.4, 0.5) is 5.69 Å². The molecular formula is C22H28ClN. The SMILES string of the molecule is C=C(Nc1ccc(C)cc1)c1cc(Cl)c(C)c(CC(CC)CC)c1. The Balaban J connectivity index is 2.24. The topological polar surface area (TPSA) is 12.0 Å². The fraction of sp³-hybridized carbons (Fsp3) is 0.364. The van der Waals surface area contributed by atoms with Crippen molar-refractivity contribution in [2.75, 3.05) is 5.32 Å². The van der Waals surface area contributed by atoms with E-state index in [0.717, 1.165) is 28.4 Å². The van der Waals surface area contributed by atoms with E-state index in [1.807, 2.05) is 6.07 Å². The van der Waals surface area contributed by atoms with E-state index >= 15 is 0 Å². The lowest BCUT2D eigenvalue weighted by atomic mass is 9.91. The Morgan fingerprint density at radius 1 is 1.08 bits per heavy atom. The number of nitrogens with one attached hydrogen (secondary N) is 1. The maximum absolute atomic E-state index is 6.49. The van der Waals surface area contributed by atoms with Gasteiger partial charge in [0.2, 0.25) is 0 Å². The predicted molar refractivity (Wildman–Crippen MR) is 108 cm³/mol. The van der Waals surface area contributed by atoms with E-state index < -0.39 is 0 Å². The van der Waals surface area contributed by atoms with Crippen molar-refractivity contribution in [3.63, 3.8) is 0 Å². The first-order chi connectivity index (χ1) is 11.4. The molecule has 0 aliphatic heterocycles. The largest absolute Gasteiger partial charge is 0.356 e. The van der Waals surface area contributed by atoms with Crippen molar-refractivity contribution in [1.82, 2.24) is 0 Å². The second-order valence-electron chi connectivity index (χ2n) is 6.60. The van der Waals surface area contributed by atoms with Crippen molar-refractivity contribution < 1.29 is 0 Å². The van der Waals surface area contributed by atoms with Crippen LogP contribution in [0.5, 0.6) is 0 Å². The van der Waals surface area contributed by atoms with Gasteiger partial charge in [0, 0.05) is 16.4 Å². The van der Waals surface area contributed by atoms with Gasteiger partial charge in [-0.1, -0.05) is 62.6 Å². The van der Waals surface area contributed by atoms with E-state index in [0.29, 0.717) is 5.92 Å². The van der Waals surface area contributed by atoms with Crippen molar-refractivity contribution in [2.45, 2.75) is 47.0 Å². The van der Waals surface area contributed by atoms with Gasteiger partial charge in [-0.15, -0.1) is 0 Å². The van der Waals surface area contributed by atoms with E-state index in [1.165, 1.54) is 29.5 Å². The average molecular weight is 342 g/mol. The molecule has 0 heterocycles. The molecule has 24 heavy (non-hydrogen) atoms. The van der Waals surface area contributed by atoms with Crippen molar-refractivity contribution in [3.05, 3.63) is 70.3 Å². The molecule has 0 aliphatic carbocycles. The minimum absolute atomic E-state index is 0.702. The fourth-order valence-corrected chi connectivity index (χ4v) is 3.13. The first-order valence-corrected chi connectivity index (χ1v) is 9.14. The Morgan fingerprint density at radius 2 is 1.71 bits per heavy atom. The van der Waals surface area contributed by atoms with Crippen molar-refractivity contribution in [1.29, 1.82) is 0 Å². The Morgan fingerprint density at radius 3 is 2.29 bits per heavy atom. The highest BCUT2D eigenvalue weighted by Gasteiger charge is 2.12. The fourth-order valence-electron chi connectivity index (χ4n) is 2.89. The zero-order valence-corrected chi connectivity index (χ0v) is 16.0. The minimum Gasteiger partial charge on any atom is -0.356 e. The lowest BCUT2D eigenvalue weighted by Gasteiger charge is -2.18. The summed E-state index contributed by atoms with van der Waals surface area (Å²) in [6.45, 7) is 12.9. The van der Waals surface area contributed by atoms with Crippen molar-refractivity contribution in [2.24, 2.45) is 5.92 Å². The molecule has 2 aromatic rings. The molecule has 1 nitrogen and oxygen atoms in total. The third-order valence-electron chi connectivity index (χ3n) is 4.81. The summed E-state index contributed by atoms with van der Waals surface area (Å²) in [5.74, 6) is 0.702. The second-order valence-corrected chi connectivity index (χ2v) is 7.01. The van der Waals surface area contributed by atoms with Crippen LogP contribution in [0.25, 0.3) is 5.70 Å². The molecule has 2 heteroatoms. The van der Waals surface area contributed by atoms with Gasteiger partial charge in [0.25, 0.3) is 0 Å². The van der Waals surface area contributed by atoms with Gasteiger partial charge in [0.1, 0.15) is 0 Å². The molecule has 2 rings (SSSR count). The molecule has 0 aromatic heterocycles. The third-order valence-corrected chi connectivity index (χ3v) is 5.20. The highest BCUT2D eigenvalue weighted by molar-refractivity contribution is 6.31. The summed E-state index contributed by atoms with van der Waals surface area (Å²) < 4.78 is 0. The number of halogens is 1. The molecular weight excluding hydrogens is 314 g/mol. The highest BCUT2D eigenvalue weighted by Crippen LogP contribution is 2.29. The minimum atomic E-state index is 0.702. The lowest BCUT2D eigenvalue weighted by molar-refractivity contribution is 0.489. The van der Waals surface area contributed by atoms with Gasteiger partial charge in [-0.3, -0.25) is 0 Å². The summed E-state index contributed by atoms with van der Waals surface area (Å²) in [6, 6.07) is 12.6. The third kappa shape index (κ3) is 4.64. The molecule has 0 atom stereocenters. The number of anilines is 1. The zero-order valence-electron chi connectivity index (χ0n) is 15.2. The molecule has 0 bridgehead atoms. The zero-order chi connectivity index (χ0) is 17.7.